The number of ether oxygens (including phenoxy) is 1. The maximum absolute atomic E-state index is 7.41. The summed E-state index contributed by atoms with van der Waals surface area (Å²) in [6.07, 6.45) is -0.322. The molecule has 0 radical (unpaired) electrons. The predicted octanol–water partition coefficient (Wildman–Crippen LogP) is 2.13. The van der Waals surface area contributed by atoms with E-state index in [0.29, 0.717) is 29.7 Å². The first kappa shape index (κ1) is 13.6. The molecular weight excluding hydrogens is 273 g/mol. The summed E-state index contributed by atoms with van der Waals surface area (Å²) in [6.45, 7) is 2.67. The summed E-state index contributed by atoms with van der Waals surface area (Å²) in [5.74, 6) is 0.0666. The molecule has 0 saturated carbocycles. The van der Waals surface area contributed by atoms with Crippen molar-refractivity contribution in [3.8, 4) is 0 Å². The van der Waals surface area contributed by atoms with Crippen molar-refractivity contribution >= 4 is 29.0 Å². The van der Waals surface area contributed by atoms with Crippen molar-refractivity contribution < 1.29 is 4.74 Å². The first-order valence-electron chi connectivity index (χ1n) is 5.68. The third kappa shape index (κ3) is 3.36. The van der Waals surface area contributed by atoms with Crippen LogP contribution in [0, 0.1) is 5.41 Å². The summed E-state index contributed by atoms with van der Waals surface area (Å²) in [6, 6.07) is 5.43. The van der Waals surface area contributed by atoms with Crippen LogP contribution in [0.5, 0.6) is 0 Å². The summed E-state index contributed by atoms with van der Waals surface area (Å²) in [7, 11) is 0. The zero-order valence-electron chi connectivity index (χ0n) is 9.83. The van der Waals surface area contributed by atoms with Gasteiger partial charge in [0.05, 0.1) is 6.61 Å². The largest absolute Gasteiger partial charge is 0.385 e. The molecule has 18 heavy (non-hydrogen) atoms. The Bertz CT molecular complexity index is 453. The summed E-state index contributed by atoms with van der Waals surface area (Å²) < 4.78 is 5.41. The number of halogens is 2. The van der Waals surface area contributed by atoms with Gasteiger partial charge in [-0.15, -0.1) is 0 Å². The van der Waals surface area contributed by atoms with Gasteiger partial charge in [-0.3, -0.25) is 10.3 Å². The Labute approximate surface area is 116 Å². The number of rotatable bonds is 3. The molecule has 1 unspecified atom stereocenters. The molecule has 0 aromatic heterocycles. The van der Waals surface area contributed by atoms with Crippen molar-refractivity contribution in [2.24, 2.45) is 5.73 Å². The zero-order valence-corrected chi connectivity index (χ0v) is 11.3. The maximum atomic E-state index is 7.41. The minimum Gasteiger partial charge on any atom is -0.385 e. The molecule has 4 nitrogen and oxygen atoms in total. The van der Waals surface area contributed by atoms with E-state index in [1.54, 1.807) is 12.1 Å². The number of nitrogens with two attached hydrogens (primary N) is 1. The van der Waals surface area contributed by atoms with Gasteiger partial charge in [0.25, 0.3) is 0 Å². The van der Waals surface area contributed by atoms with E-state index in [9.17, 15) is 0 Å². The topological polar surface area (TPSA) is 62.3 Å². The molecule has 0 aliphatic carbocycles. The van der Waals surface area contributed by atoms with E-state index in [0.717, 1.165) is 12.1 Å². The molecule has 6 heteroatoms. The van der Waals surface area contributed by atoms with E-state index in [-0.39, 0.29) is 11.9 Å². The number of nitrogens with zero attached hydrogens (tertiary/aromatic N) is 1. The van der Waals surface area contributed by atoms with Gasteiger partial charge < -0.3 is 10.5 Å². The quantitative estimate of drug-likeness (QED) is 0.661. The highest BCUT2D eigenvalue weighted by atomic mass is 35.5. The average Bonchev–Trinajstić information content (AvgIpc) is 2.34. The lowest BCUT2D eigenvalue weighted by atomic mass is 10.2. The minimum atomic E-state index is -0.322. The molecule has 1 atom stereocenters. The van der Waals surface area contributed by atoms with Gasteiger partial charge in [-0.1, -0.05) is 23.2 Å². The van der Waals surface area contributed by atoms with Crippen LogP contribution in [-0.4, -0.2) is 36.5 Å². The fourth-order valence-corrected chi connectivity index (χ4v) is 2.31. The summed E-state index contributed by atoms with van der Waals surface area (Å²) >= 11 is 12.1. The monoisotopic (exact) mass is 287 g/mol. The Morgan fingerprint density at radius 3 is 3.00 bits per heavy atom. The summed E-state index contributed by atoms with van der Waals surface area (Å²) in [4.78, 5) is 2.16. The molecule has 1 fully saturated rings. The van der Waals surface area contributed by atoms with Gasteiger partial charge in [-0.25, -0.2) is 0 Å². The van der Waals surface area contributed by atoms with Gasteiger partial charge in [0, 0.05) is 29.7 Å². The Morgan fingerprint density at radius 1 is 1.50 bits per heavy atom. The van der Waals surface area contributed by atoms with Crippen molar-refractivity contribution in [3.63, 3.8) is 0 Å². The van der Waals surface area contributed by atoms with Crippen molar-refractivity contribution in [3.05, 3.63) is 33.8 Å². The van der Waals surface area contributed by atoms with Crippen LogP contribution in [0.4, 0.5) is 0 Å². The second-order valence-electron chi connectivity index (χ2n) is 4.29. The normalized spacial score (nSPS) is 20.9. The molecule has 0 bridgehead atoms. The number of hydrogen-bond acceptors (Lipinski definition) is 3. The van der Waals surface area contributed by atoms with Crippen LogP contribution in [0.15, 0.2) is 18.2 Å². The first-order chi connectivity index (χ1) is 8.56. The SMILES string of the molecule is N=C(N)C1CN(Cc2cc(Cl)ccc2Cl)CCO1. The van der Waals surface area contributed by atoms with Crippen molar-refractivity contribution in [2.45, 2.75) is 12.6 Å². The maximum Gasteiger partial charge on any atom is 0.127 e. The molecule has 0 amide bonds. The third-order valence-electron chi connectivity index (χ3n) is 2.90. The standard InChI is InChI=1S/C12H15Cl2N3O/c13-9-1-2-10(14)8(5-9)6-17-3-4-18-11(7-17)12(15)16/h1-2,5,11H,3-4,6-7H2,(H3,15,16). The van der Waals surface area contributed by atoms with Crippen molar-refractivity contribution in [1.29, 1.82) is 5.41 Å². The molecule has 1 saturated heterocycles. The molecule has 3 N–H and O–H groups in total. The molecule has 98 valence electrons. The summed E-state index contributed by atoms with van der Waals surface area (Å²) in [5, 5.41) is 8.79. The van der Waals surface area contributed by atoms with Crippen LogP contribution in [0.3, 0.4) is 0 Å². The molecule has 1 aromatic rings. The molecule has 1 aromatic carbocycles. The highest BCUT2D eigenvalue weighted by Crippen LogP contribution is 2.22. The van der Waals surface area contributed by atoms with Gasteiger partial charge in [0.15, 0.2) is 0 Å². The van der Waals surface area contributed by atoms with Crippen LogP contribution in [0.1, 0.15) is 5.56 Å². The van der Waals surface area contributed by atoms with Gasteiger partial charge in [-0.05, 0) is 23.8 Å². The van der Waals surface area contributed by atoms with Crippen molar-refractivity contribution in [1.82, 2.24) is 4.90 Å². The minimum absolute atomic E-state index is 0.0666. The fourth-order valence-electron chi connectivity index (χ4n) is 1.94. The Morgan fingerprint density at radius 2 is 2.28 bits per heavy atom. The zero-order chi connectivity index (χ0) is 13.1. The molecule has 1 aliphatic heterocycles. The van der Waals surface area contributed by atoms with Crippen LogP contribution in [0.25, 0.3) is 0 Å². The summed E-state index contributed by atoms with van der Waals surface area (Å²) in [5.41, 5.74) is 6.44. The molecular formula is C12H15Cl2N3O. The molecule has 1 heterocycles. The van der Waals surface area contributed by atoms with Crippen LogP contribution < -0.4 is 5.73 Å². The van der Waals surface area contributed by atoms with E-state index in [1.165, 1.54) is 0 Å². The number of morpholine rings is 1. The Hall–Kier alpha value is -0.810. The second kappa shape index (κ2) is 5.89. The second-order valence-corrected chi connectivity index (χ2v) is 5.13. The highest BCUT2D eigenvalue weighted by Gasteiger charge is 2.23. The lowest BCUT2D eigenvalue weighted by molar-refractivity contribution is 0.00237. The Kier molecular flexibility index (Phi) is 4.45. The number of amidine groups is 1. The smallest absolute Gasteiger partial charge is 0.127 e. The van der Waals surface area contributed by atoms with Crippen LogP contribution >= 0.6 is 23.2 Å². The molecule has 1 aliphatic rings. The lowest BCUT2D eigenvalue weighted by Crippen LogP contribution is -2.47. The van der Waals surface area contributed by atoms with Crippen LogP contribution in [0.2, 0.25) is 10.0 Å². The van der Waals surface area contributed by atoms with Gasteiger partial charge in [-0.2, -0.15) is 0 Å². The highest BCUT2D eigenvalue weighted by molar-refractivity contribution is 6.33. The number of benzene rings is 1. The number of nitrogens with one attached hydrogen (secondary N) is 1. The van der Waals surface area contributed by atoms with Gasteiger partial charge in [0.2, 0.25) is 0 Å². The number of hydrogen-bond donors (Lipinski definition) is 2. The lowest BCUT2D eigenvalue weighted by Gasteiger charge is -2.32. The Balaban J connectivity index is 2.04. The molecule has 0 spiro atoms. The predicted molar refractivity (Wildman–Crippen MR) is 73.4 cm³/mol. The van der Waals surface area contributed by atoms with Gasteiger partial charge >= 0.3 is 0 Å². The molecule has 2 rings (SSSR count). The van der Waals surface area contributed by atoms with E-state index in [4.69, 9.17) is 39.1 Å². The average molecular weight is 288 g/mol. The fraction of sp³-hybridized carbons (Fsp3) is 0.417. The van der Waals surface area contributed by atoms with Crippen molar-refractivity contribution in [2.75, 3.05) is 19.7 Å². The van der Waals surface area contributed by atoms with E-state index < -0.39 is 0 Å². The van der Waals surface area contributed by atoms with E-state index in [2.05, 4.69) is 4.90 Å². The van der Waals surface area contributed by atoms with E-state index in [1.807, 2.05) is 6.07 Å². The third-order valence-corrected chi connectivity index (χ3v) is 3.50. The van der Waals surface area contributed by atoms with Gasteiger partial charge in [0.1, 0.15) is 11.9 Å². The van der Waals surface area contributed by atoms with E-state index >= 15 is 0 Å². The first-order valence-corrected chi connectivity index (χ1v) is 6.43. The van der Waals surface area contributed by atoms with Crippen LogP contribution in [-0.2, 0) is 11.3 Å².